The van der Waals surface area contributed by atoms with E-state index in [1.165, 1.54) is 22.1 Å². The summed E-state index contributed by atoms with van der Waals surface area (Å²) in [6.07, 6.45) is 3.32. The van der Waals surface area contributed by atoms with Crippen LogP contribution in [0.25, 0.3) is 0 Å². The van der Waals surface area contributed by atoms with E-state index in [0.29, 0.717) is 0 Å². The lowest BCUT2D eigenvalue weighted by Gasteiger charge is -2.20. The zero-order valence-electron chi connectivity index (χ0n) is 11.5. The van der Waals surface area contributed by atoms with Crippen LogP contribution in [0.5, 0.6) is 0 Å². The first-order valence-corrected chi connectivity index (χ1v) is 8.57. The van der Waals surface area contributed by atoms with E-state index >= 15 is 0 Å². The van der Waals surface area contributed by atoms with E-state index in [-0.39, 0.29) is 0 Å². The molecule has 0 atom stereocenters. The SMILES string of the molecule is CCCNCc1ccc(N(C)CCSC)c(Br)c1. The lowest BCUT2D eigenvalue weighted by molar-refractivity contribution is 0.675. The molecular weight excluding hydrogens is 308 g/mol. The molecule has 0 amide bonds. The molecule has 1 N–H and O–H groups in total. The molecule has 102 valence electrons. The van der Waals surface area contributed by atoms with Gasteiger partial charge in [-0.1, -0.05) is 13.0 Å². The summed E-state index contributed by atoms with van der Waals surface area (Å²) < 4.78 is 1.18. The Labute approximate surface area is 124 Å². The highest BCUT2D eigenvalue weighted by Gasteiger charge is 2.06. The highest BCUT2D eigenvalue weighted by Crippen LogP contribution is 2.26. The second-order valence-corrected chi connectivity index (χ2v) is 6.22. The largest absolute Gasteiger partial charge is 0.373 e. The molecule has 18 heavy (non-hydrogen) atoms. The van der Waals surface area contributed by atoms with Crippen LogP contribution in [-0.2, 0) is 6.54 Å². The molecule has 0 bridgehead atoms. The molecular formula is C14H23BrN2S. The minimum atomic E-state index is 0.946. The molecule has 0 heterocycles. The average molecular weight is 331 g/mol. The highest BCUT2D eigenvalue weighted by molar-refractivity contribution is 9.10. The van der Waals surface area contributed by atoms with Gasteiger partial charge in [-0.25, -0.2) is 0 Å². The normalized spacial score (nSPS) is 10.7. The van der Waals surface area contributed by atoms with Gasteiger partial charge in [0, 0.05) is 30.4 Å². The standard InChI is InChI=1S/C14H23BrN2S/c1-4-7-16-11-12-5-6-14(13(15)10-12)17(2)8-9-18-3/h5-6,10,16H,4,7-9,11H2,1-3H3. The van der Waals surface area contributed by atoms with Crippen molar-refractivity contribution in [3.63, 3.8) is 0 Å². The number of thioether (sulfide) groups is 1. The molecule has 0 saturated heterocycles. The Morgan fingerprint density at radius 3 is 2.78 bits per heavy atom. The summed E-state index contributed by atoms with van der Waals surface area (Å²) in [5.74, 6) is 1.16. The molecule has 0 aliphatic rings. The Kier molecular flexibility index (Phi) is 7.79. The summed E-state index contributed by atoms with van der Waals surface area (Å²) >= 11 is 5.55. The van der Waals surface area contributed by atoms with E-state index in [9.17, 15) is 0 Å². The fourth-order valence-corrected chi connectivity index (χ4v) is 2.91. The molecule has 1 aromatic carbocycles. The molecule has 0 aliphatic heterocycles. The van der Waals surface area contributed by atoms with Crippen LogP contribution in [0.15, 0.2) is 22.7 Å². The van der Waals surface area contributed by atoms with Crippen molar-refractivity contribution in [3.8, 4) is 0 Å². The number of benzene rings is 1. The predicted octanol–water partition coefficient (Wildman–Crippen LogP) is 3.75. The van der Waals surface area contributed by atoms with E-state index in [1.54, 1.807) is 0 Å². The number of anilines is 1. The monoisotopic (exact) mass is 330 g/mol. The van der Waals surface area contributed by atoms with Crippen LogP contribution in [0.2, 0.25) is 0 Å². The van der Waals surface area contributed by atoms with E-state index in [2.05, 4.69) is 64.6 Å². The van der Waals surface area contributed by atoms with Crippen LogP contribution in [0.4, 0.5) is 5.69 Å². The van der Waals surface area contributed by atoms with E-state index in [1.807, 2.05) is 11.8 Å². The fourth-order valence-electron chi connectivity index (χ4n) is 1.73. The van der Waals surface area contributed by atoms with Crippen molar-refractivity contribution < 1.29 is 0 Å². The number of rotatable bonds is 8. The second-order valence-electron chi connectivity index (χ2n) is 4.38. The quantitative estimate of drug-likeness (QED) is 0.731. The van der Waals surface area contributed by atoms with Gasteiger partial charge in [-0.3, -0.25) is 0 Å². The zero-order valence-corrected chi connectivity index (χ0v) is 13.9. The maximum Gasteiger partial charge on any atom is 0.0508 e. The topological polar surface area (TPSA) is 15.3 Å². The number of nitrogens with one attached hydrogen (secondary N) is 1. The molecule has 4 heteroatoms. The third kappa shape index (κ3) is 5.21. The van der Waals surface area contributed by atoms with E-state index in [4.69, 9.17) is 0 Å². The molecule has 0 fully saturated rings. The Morgan fingerprint density at radius 2 is 2.17 bits per heavy atom. The summed E-state index contributed by atoms with van der Waals surface area (Å²) in [6, 6.07) is 6.62. The van der Waals surface area contributed by atoms with E-state index < -0.39 is 0 Å². The van der Waals surface area contributed by atoms with Gasteiger partial charge in [-0.05, 0) is 52.8 Å². The van der Waals surface area contributed by atoms with Crippen molar-refractivity contribution in [2.24, 2.45) is 0 Å². The summed E-state index contributed by atoms with van der Waals surface area (Å²) in [6.45, 7) is 5.29. The van der Waals surface area contributed by atoms with E-state index in [0.717, 1.165) is 25.4 Å². The smallest absolute Gasteiger partial charge is 0.0508 e. The molecule has 0 radical (unpaired) electrons. The summed E-state index contributed by atoms with van der Waals surface area (Å²) in [5.41, 5.74) is 2.60. The van der Waals surface area contributed by atoms with Gasteiger partial charge < -0.3 is 10.2 Å². The van der Waals surface area contributed by atoms with Gasteiger partial charge in [0.15, 0.2) is 0 Å². The number of hydrogen-bond donors (Lipinski definition) is 1. The van der Waals surface area contributed by atoms with Gasteiger partial charge in [-0.2, -0.15) is 11.8 Å². The van der Waals surface area contributed by atoms with Gasteiger partial charge in [0.25, 0.3) is 0 Å². The van der Waals surface area contributed by atoms with Crippen LogP contribution < -0.4 is 10.2 Å². The third-order valence-electron chi connectivity index (χ3n) is 2.81. The van der Waals surface area contributed by atoms with Gasteiger partial charge in [0.05, 0.1) is 5.69 Å². The van der Waals surface area contributed by atoms with Crippen LogP contribution in [0.3, 0.4) is 0 Å². The average Bonchev–Trinajstić information content (AvgIpc) is 2.36. The lowest BCUT2D eigenvalue weighted by atomic mass is 10.2. The molecule has 1 rings (SSSR count). The summed E-state index contributed by atoms with van der Waals surface area (Å²) in [5, 5.41) is 3.42. The molecule has 0 unspecified atom stereocenters. The summed E-state index contributed by atoms with van der Waals surface area (Å²) in [4.78, 5) is 2.30. The molecule has 2 nitrogen and oxygen atoms in total. The first-order chi connectivity index (χ1) is 8.69. The molecule has 1 aromatic rings. The second kappa shape index (κ2) is 8.83. The molecule has 0 aromatic heterocycles. The maximum absolute atomic E-state index is 3.67. The van der Waals surface area contributed by atoms with Crippen LogP contribution >= 0.6 is 27.7 Å². The highest BCUT2D eigenvalue weighted by atomic mass is 79.9. The summed E-state index contributed by atoms with van der Waals surface area (Å²) in [7, 11) is 2.14. The number of hydrogen-bond acceptors (Lipinski definition) is 3. The van der Waals surface area contributed by atoms with Gasteiger partial charge in [0.1, 0.15) is 0 Å². The van der Waals surface area contributed by atoms with Crippen molar-refractivity contribution in [1.82, 2.24) is 5.32 Å². The molecule has 0 spiro atoms. The van der Waals surface area contributed by atoms with Crippen LogP contribution in [0.1, 0.15) is 18.9 Å². The first kappa shape index (κ1) is 15.9. The minimum Gasteiger partial charge on any atom is -0.373 e. The van der Waals surface area contributed by atoms with Crippen LogP contribution in [0, 0.1) is 0 Å². The van der Waals surface area contributed by atoms with Crippen LogP contribution in [-0.4, -0.2) is 32.1 Å². The Balaban J connectivity index is 2.61. The Hall–Kier alpha value is -0.190. The van der Waals surface area contributed by atoms with Gasteiger partial charge in [0.2, 0.25) is 0 Å². The number of nitrogens with zero attached hydrogens (tertiary/aromatic N) is 1. The van der Waals surface area contributed by atoms with Crippen molar-refractivity contribution in [2.45, 2.75) is 19.9 Å². The minimum absolute atomic E-state index is 0.946. The van der Waals surface area contributed by atoms with Crippen molar-refractivity contribution in [1.29, 1.82) is 0 Å². The lowest BCUT2D eigenvalue weighted by Crippen LogP contribution is -2.20. The van der Waals surface area contributed by atoms with Crippen molar-refractivity contribution >= 4 is 33.4 Å². The predicted molar refractivity (Wildman–Crippen MR) is 87.8 cm³/mol. The Morgan fingerprint density at radius 1 is 1.39 bits per heavy atom. The molecule has 0 saturated carbocycles. The first-order valence-electron chi connectivity index (χ1n) is 6.38. The number of halogens is 1. The maximum atomic E-state index is 3.67. The van der Waals surface area contributed by atoms with Crippen molar-refractivity contribution in [3.05, 3.63) is 28.2 Å². The zero-order chi connectivity index (χ0) is 13.4. The Bertz CT molecular complexity index is 358. The van der Waals surface area contributed by atoms with Gasteiger partial charge >= 0.3 is 0 Å². The van der Waals surface area contributed by atoms with Crippen molar-refractivity contribution in [2.75, 3.05) is 37.0 Å². The van der Waals surface area contributed by atoms with Gasteiger partial charge in [-0.15, -0.1) is 0 Å². The fraction of sp³-hybridized carbons (Fsp3) is 0.571. The third-order valence-corrected chi connectivity index (χ3v) is 4.04. The molecule has 0 aliphatic carbocycles.